The van der Waals surface area contributed by atoms with E-state index in [-0.39, 0.29) is 6.54 Å². The van der Waals surface area contributed by atoms with Crippen LogP contribution in [0.2, 0.25) is 0 Å². The number of nitrogens with two attached hydrogens (primary N) is 1. The first kappa shape index (κ1) is 19.6. The SMILES string of the molecule is CC(C)(C)[C@H](NC(=O)N1c2ccccc2N(Cc2ccncn2)C1O)C(N)=O. The minimum Gasteiger partial charge on any atom is -0.368 e. The van der Waals surface area contributed by atoms with Crippen molar-refractivity contribution in [3.8, 4) is 0 Å². The summed E-state index contributed by atoms with van der Waals surface area (Å²) in [6, 6.07) is 7.37. The lowest BCUT2D eigenvalue weighted by Gasteiger charge is -2.32. The fourth-order valence-corrected chi connectivity index (χ4v) is 3.17. The van der Waals surface area contributed by atoms with Crippen molar-refractivity contribution < 1.29 is 14.7 Å². The Bertz CT molecular complexity index is 867. The van der Waals surface area contributed by atoms with Crippen molar-refractivity contribution in [1.82, 2.24) is 15.3 Å². The van der Waals surface area contributed by atoms with Crippen LogP contribution in [0.15, 0.2) is 42.9 Å². The van der Waals surface area contributed by atoms with Gasteiger partial charge in [0.2, 0.25) is 12.3 Å². The van der Waals surface area contributed by atoms with E-state index in [1.54, 1.807) is 50.1 Å². The summed E-state index contributed by atoms with van der Waals surface area (Å²) in [4.78, 5) is 35.7. The molecule has 4 N–H and O–H groups in total. The molecule has 0 fully saturated rings. The van der Waals surface area contributed by atoms with Crippen LogP contribution in [0.1, 0.15) is 26.5 Å². The zero-order valence-electron chi connectivity index (χ0n) is 16.0. The van der Waals surface area contributed by atoms with Crippen LogP contribution in [0.4, 0.5) is 16.2 Å². The molecule has 2 aromatic rings. The summed E-state index contributed by atoms with van der Waals surface area (Å²) in [6.07, 6.45) is 1.78. The van der Waals surface area contributed by atoms with E-state index in [4.69, 9.17) is 5.73 Å². The largest absolute Gasteiger partial charge is 0.368 e. The zero-order valence-corrected chi connectivity index (χ0v) is 16.0. The summed E-state index contributed by atoms with van der Waals surface area (Å²) >= 11 is 0. The average molecular weight is 384 g/mol. The van der Waals surface area contributed by atoms with Crippen molar-refractivity contribution in [3.05, 3.63) is 48.5 Å². The zero-order chi connectivity index (χ0) is 20.5. The number of amides is 3. The highest BCUT2D eigenvalue weighted by atomic mass is 16.3. The normalized spacial score (nSPS) is 17.2. The maximum absolute atomic E-state index is 13.0. The molecule has 1 aromatic heterocycles. The van der Waals surface area contributed by atoms with Gasteiger partial charge in [0.15, 0.2) is 0 Å². The van der Waals surface area contributed by atoms with Crippen LogP contribution >= 0.6 is 0 Å². The van der Waals surface area contributed by atoms with Gasteiger partial charge in [-0.3, -0.25) is 4.79 Å². The molecule has 28 heavy (non-hydrogen) atoms. The van der Waals surface area contributed by atoms with E-state index in [1.165, 1.54) is 11.2 Å². The lowest BCUT2D eigenvalue weighted by Crippen LogP contribution is -2.58. The molecule has 3 rings (SSSR count). The molecule has 2 atom stereocenters. The predicted molar refractivity (Wildman–Crippen MR) is 104 cm³/mol. The number of primary amides is 1. The number of aliphatic hydroxyl groups excluding tert-OH is 1. The molecule has 0 bridgehead atoms. The van der Waals surface area contributed by atoms with Crippen molar-refractivity contribution in [2.45, 2.75) is 39.7 Å². The summed E-state index contributed by atoms with van der Waals surface area (Å²) in [7, 11) is 0. The number of carbonyl (C=O) groups excluding carboxylic acids is 2. The van der Waals surface area contributed by atoms with E-state index in [1.807, 2.05) is 12.1 Å². The summed E-state index contributed by atoms with van der Waals surface area (Å²) in [5, 5.41) is 13.5. The minimum atomic E-state index is -1.26. The molecule has 0 radical (unpaired) electrons. The van der Waals surface area contributed by atoms with Crippen molar-refractivity contribution >= 4 is 23.3 Å². The van der Waals surface area contributed by atoms with Gasteiger partial charge in [-0.25, -0.2) is 19.7 Å². The monoisotopic (exact) mass is 384 g/mol. The first-order chi connectivity index (χ1) is 13.2. The quantitative estimate of drug-likeness (QED) is 0.727. The fourth-order valence-electron chi connectivity index (χ4n) is 3.17. The van der Waals surface area contributed by atoms with Gasteiger partial charge >= 0.3 is 6.03 Å². The second-order valence-corrected chi connectivity index (χ2v) is 7.68. The molecule has 0 saturated heterocycles. The third-order valence-electron chi connectivity index (χ3n) is 4.57. The number of fused-ring (bicyclic) bond motifs is 1. The second kappa shape index (κ2) is 7.43. The molecule has 9 heteroatoms. The molecule has 0 saturated carbocycles. The van der Waals surface area contributed by atoms with Crippen LogP contribution in [-0.2, 0) is 11.3 Å². The second-order valence-electron chi connectivity index (χ2n) is 7.68. The molecule has 1 aliphatic rings. The Morgan fingerprint density at radius 2 is 1.93 bits per heavy atom. The molecular formula is C19H24N6O3. The number of urea groups is 1. The maximum atomic E-state index is 13.0. The molecule has 9 nitrogen and oxygen atoms in total. The average Bonchev–Trinajstić information content (AvgIpc) is 2.91. The van der Waals surface area contributed by atoms with Gasteiger partial charge in [-0.15, -0.1) is 0 Å². The van der Waals surface area contributed by atoms with Crippen molar-refractivity contribution in [3.63, 3.8) is 0 Å². The molecule has 3 amide bonds. The van der Waals surface area contributed by atoms with Gasteiger partial charge in [0.1, 0.15) is 12.4 Å². The molecule has 1 unspecified atom stereocenters. The number of nitrogens with zero attached hydrogens (tertiary/aromatic N) is 4. The van der Waals surface area contributed by atoms with Crippen LogP contribution in [0, 0.1) is 5.41 Å². The van der Waals surface area contributed by atoms with E-state index in [2.05, 4.69) is 15.3 Å². The smallest absolute Gasteiger partial charge is 0.326 e. The maximum Gasteiger partial charge on any atom is 0.326 e. The number of nitrogens with one attached hydrogen (secondary N) is 1. The van der Waals surface area contributed by atoms with Gasteiger partial charge in [-0.05, 0) is 23.6 Å². The Balaban J connectivity index is 1.89. The molecule has 1 aromatic carbocycles. The summed E-state index contributed by atoms with van der Waals surface area (Å²) < 4.78 is 0. The molecular weight excluding hydrogens is 360 g/mol. The number of aromatic nitrogens is 2. The third-order valence-corrected chi connectivity index (χ3v) is 4.57. The third kappa shape index (κ3) is 3.74. The Labute approximate surface area is 163 Å². The standard InChI is InChI=1S/C19H24N6O3/c1-19(2,3)15(16(20)26)23-17(27)25-14-7-5-4-6-13(14)24(18(25)28)10-12-8-9-21-11-22-12/h4-9,11,15,18,28H,10H2,1-3H3,(H2,20,26)(H,23,27)/t15-,18?/m1/s1. The fraction of sp³-hybridized carbons (Fsp3) is 0.368. The van der Waals surface area contributed by atoms with E-state index in [0.29, 0.717) is 17.1 Å². The van der Waals surface area contributed by atoms with Gasteiger partial charge in [-0.1, -0.05) is 32.9 Å². The van der Waals surface area contributed by atoms with Crippen molar-refractivity contribution in [2.75, 3.05) is 9.80 Å². The van der Waals surface area contributed by atoms with Gasteiger partial charge in [0.25, 0.3) is 0 Å². The Kier molecular flexibility index (Phi) is 5.19. The lowest BCUT2D eigenvalue weighted by molar-refractivity contribution is -0.122. The molecule has 148 valence electrons. The first-order valence-corrected chi connectivity index (χ1v) is 8.88. The number of hydrogen-bond donors (Lipinski definition) is 3. The van der Waals surface area contributed by atoms with Crippen LogP contribution in [0.5, 0.6) is 0 Å². The molecule has 0 spiro atoms. The minimum absolute atomic E-state index is 0.281. The number of anilines is 2. The van der Waals surface area contributed by atoms with Gasteiger partial charge < -0.3 is 21.1 Å². The van der Waals surface area contributed by atoms with Crippen molar-refractivity contribution in [1.29, 1.82) is 0 Å². The number of hydrogen-bond acceptors (Lipinski definition) is 6. The van der Waals surface area contributed by atoms with Gasteiger partial charge in [-0.2, -0.15) is 0 Å². The number of benzene rings is 1. The topological polar surface area (TPSA) is 125 Å². The summed E-state index contributed by atoms with van der Waals surface area (Å²) in [6.45, 7) is 5.69. The highest BCUT2D eigenvalue weighted by Crippen LogP contribution is 2.39. The molecule has 1 aliphatic heterocycles. The Morgan fingerprint density at radius 3 is 2.50 bits per heavy atom. The van der Waals surface area contributed by atoms with Crippen molar-refractivity contribution in [2.24, 2.45) is 11.1 Å². The van der Waals surface area contributed by atoms with Crippen LogP contribution in [0.25, 0.3) is 0 Å². The number of aliphatic hydroxyl groups is 1. The highest BCUT2D eigenvalue weighted by Gasteiger charge is 2.41. The van der Waals surface area contributed by atoms with Crippen LogP contribution in [0.3, 0.4) is 0 Å². The Hall–Kier alpha value is -3.20. The van der Waals surface area contributed by atoms with Gasteiger partial charge in [0.05, 0.1) is 23.6 Å². The summed E-state index contributed by atoms with van der Waals surface area (Å²) in [5.74, 6) is -0.638. The first-order valence-electron chi connectivity index (χ1n) is 8.88. The number of rotatable bonds is 4. The summed E-state index contributed by atoms with van der Waals surface area (Å²) in [5.41, 5.74) is 6.79. The van der Waals surface area contributed by atoms with Crippen LogP contribution < -0.4 is 20.9 Å². The van der Waals surface area contributed by atoms with E-state index in [9.17, 15) is 14.7 Å². The Morgan fingerprint density at radius 1 is 1.25 bits per heavy atom. The number of para-hydroxylation sites is 2. The highest BCUT2D eigenvalue weighted by molar-refractivity contribution is 6.01. The molecule has 0 aliphatic carbocycles. The van der Waals surface area contributed by atoms with E-state index in [0.717, 1.165) is 0 Å². The predicted octanol–water partition coefficient (Wildman–Crippen LogP) is 1.19. The van der Waals surface area contributed by atoms with E-state index < -0.39 is 29.7 Å². The lowest BCUT2D eigenvalue weighted by atomic mass is 9.86. The van der Waals surface area contributed by atoms with Gasteiger partial charge in [0, 0.05) is 6.20 Å². The van der Waals surface area contributed by atoms with E-state index >= 15 is 0 Å². The van der Waals surface area contributed by atoms with Crippen LogP contribution in [-0.4, -0.2) is 39.4 Å². The number of carbonyl (C=O) groups is 2. The molecule has 2 heterocycles.